The minimum atomic E-state index is -1.97. The SMILES string of the molecule is CSCC[C@H](O[C@@H]1C(=O)N([Si](C)(C)C(C)(C)C)[C@H]1C)C(=O)OCc1ccccc1. The molecule has 29 heavy (non-hydrogen) atoms. The summed E-state index contributed by atoms with van der Waals surface area (Å²) < 4.78 is 13.6. The molecule has 1 aromatic rings. The van der Waals surface area contributed by atoms with Crippen molar-refractivity contribution in [2.75, 3.05) is 12.0 Å². The van der Waals surface area contributed by atoms with Gasteiger partial charge in [-0.3, -0.25) is 4.79 Å². The lowest BCUT2D eigenvalue weighted by molar-refractivity contribution is -0.182. The van der Waals surface area contributed by atoms with Gasteiger partial charge in [-0.05, 0) is 36.0 Å². The summed E-state index contributed by atoms with van der Waals surface area (Å²) in [6.45, 7) is 13.2. The van der Waals surface area contributed by atoms with Crippen molar-refractivity contribution in [2.45, 2.75) is 77.1 Å². The molecule has 0 N–H and O–H groups in total. The summed E-state index contributed by atoms with van der Waals surface area (Å²) >= 11 is 1.65. The number of carbonyl (C=O) groups is 2. The van der Waals surface area contributed by atoms with E-state index in [0.29, 0.717) is 6.42 Å². The van der Waals surface area contributed by atoms with Gasteiger partial charge < -0.3 is 14.0 Å². The van der Waals surface area contributed by atoms with E-state index in [9.17, 15) is 9.59 Å². The minimum absolute atomic E-state index is 0.00843. The highest BCUT2D eigenvalue weighted by Gasteiger charge is 2.56. The van der Waals surface area contributed by atoms with Gasteiger partial charge in [-0.15, -0.1) is 0 Å². The van der Waals surface area contributed by atoms with Gasteiger partial charge in [-0.2, -0.15) is 11.8 Å². The van der Waals surface area contributed by atoms with Crippen LogP contribution in [0, 0.1) is 0 Å². The molecule has 3 atom stereocenters. The van der Waals surface area contributed by atoms with Crippen LogP contribution in [-0.4, -0.2) is 54.9 Å². The van der Waals surface area contributed by atoms with Crippen molar-refractivity contribution in [3.05, 3.63) is 35.9 Å². The molecule has 0 aliphatic carbocycles. The van der Waals surface area contributed by atoms with E-state index < -0.39 is 26.4 Å². The second-order valence-electron chi connectivity index (χ2n) is 9.18. The zero-order valence-electron chi connectivity index (χ0n) is 18.7. The van der Waals surface area contributed by atoms with Crippen molar-refractivity contribution in [2.24, 2.45) is 0 Å². The van der Waals surface area contributed by atoms with Crippen molar-refractivity contribution < 1.29 is 19.1 Å². The first-order valence-electron chi connectivity index (χ1n) is 10.2. The quantitative estimate of drug-likeness (QED) is 0.324. The van der Waals surface area contributed by atoms with Gasteiger partial charge in [0.1, 0.15) is 6.61 Å². The molecule has 1 aliphatic heterocycles. The Balaban J connectivity index is 2.03. The maximum atomic E-state index is 13.0. The van der Waals surface area contributed by atoms with Crippen molar-refractivity contribution >= 4 is 31.9 Å². The van der Waals surface area contributed by atoms with Gasteiger partial charge >= 0.3 is 5.97 Å². The second-order valence-corrected chi connectivity index (χ2v) is 15.3. The summed E-state index contributed by atoms with van der Waals surface area (Å²) in [6.07, 6.45) is 1.23. The number of benzene rings is 1. The first-order chi connectivity index (χ1) is 13.5. The number of amides is 1. The van der Waals surface area contributed by atoms with Gasteiger partial charge in [0.2, 0.25) is 5.91 Å². The summed E-state index contributed by atoms with van der Waals surface area (Å²) in [5.41, 5.74) is 0.932. The van der Waals surface area contributed by atoms with E-state index in [1.54, 1.807) is 11.8 Å². The molecular formula is C22H35NO4SSi. The van der Waals surface area contributed by atoms with E-state index in [2.05, 4.69) is 33.9 Å². The predicted molar refractivity (Wildman–Crippen MR) is 121 cm³/mol. The average Bonchev–Trinajstić information content (AvgIpc) is 2.66. The topological polar surface area (TPSA) is 55.8 Å². The fourth-order valence-electron chi connectivity index (χ4n) is 3.38. The molecule has 1 fully saturated rings. The summed E-state index contributed by atoms with van der Waals surface area (Å²) in [4.78, 5) is 25.6. The molecule has 162 valence electrons. The number of esters is 1. The van der Waals surface area contributed by atoms with E-state index in [1.165, 1.54) is 0 Å². The Morgan fingerprint density at radius 3 is 2.38 bits per heavy atom. The zero-order chi connectivity index (χ0) is 21.8. The van der Waals surface area contributed by atoms with Crippen LogP contribution in [0.1, 0.15) is 39.7 Å². The lowest BCUT2D eigenvalue weighted by atomic mass is 10.0. The van der Waals surface area contributed by atoms with Gasteiger partial charge in [0.15, 0.2) is 20.4 Å². The van der Waals surface area contributed by atoms with Crippen molar-refractivity contribution in [3.63, 3.8) is 0 Å². The third kappa shape index (κ3) is 5.44. The van der Waals surface area contributed by atoms with Crippen LogP contribution in [0.15, 0.2) is 30.3 Å². The fraction of sp³-hybridized carbons (Fsp3) is 0.636. The Kier molecular flexibility index (Phi) is 7.98. The van der Waals surface area contributed by atoms with Crippen molar-refractivity contribution in [1.82, 2.24) is 4.57 Å². The number of β-lactam (4-membered cyclic amide) rings is 1. The number of ether oxygens (including phenoxy) is 2. The van der Waals surface area contributed by atoms with E-state index in [-0.39, 0.29) is 23.6 Å². The molecule has 1 aliphatic rings. The predicted octanol–water partition coefficient (Wildman–Crippen LogP) is 4.47. The Morgan fingerprint density at radius 2 is 1.86 bits per heavy atom. The zero-order valence-corrected chi connectivity index (χ0v) is 20.5. The molecule has 7 heteroatoms. The number of thioether (sulfide) groups is 1. The maximum absolute atomic E-state index is 13.0. The van der Waals surface area contributed by atoms with Crippen LogP contribution in [0.5, 0.6) is 0 Å². The number of hydrogen-bond donors (Lipinski definition) is 0. The molecular weight excluding hydrogens is 402 g/mol. The summed E-state index contributed by atoms with van der Waals surface area (Å²) in [7, 11) is -1.97. The molecule has 1 saturated heterocycles. The maximum Gasteiger partial charge on any atom is 0.335 e. The third-order valence-corrected chi connectivity index (χ3v) is 12.3. The smallest absolute Gasteiger partial charge is 0.335 e. The lowest BCUT2D eigenvalue weighted by Gasteiger charge is -2.57. The summed E-state index contributed by atoms with van der Waals surface area (Å²) in [5, 5.41) is 0.0642. The molecule has 2 rings (SSSR count). The fourth-order valence-corrected chi connectivity index (χ4v) is 6.38. The Hall–Kier alpha value is -1.31. The molecule has 1 heterocycles. The van der Waals surface area contributed by atoms with Crippen LogP contribution in [0.4, 0.5) is 0 Å². The van der Waals surface area contributed by atoms with Crippen LogP contribution in [0.3, 0.4) is 0 Å². The van der Waals surface area contributed by atoms with Crippen molar-refractivity contribution in [1.29, 1.82) is 0 Å². The Labute approximate surface area is 180 Å². The normalized spacial score (nSPS) is 20.9. The monoisotopic (exact) mass is 437 g/mol. The molecule has 0 aromatic heterocycles. The highest BCUT2D eigenvalue weighted by atomic mass is 32.2. The highest BCUT2D eigenvalue weighted by molar-refractivity contribution is 7.98. The molecule has 1 aromatic carbocycles. The number of carbonyl (C=O) groups excluding carboxylic acids is 2. The summed E-state index contributed by atoms with van der Waals surface area (Å²) in [5.74, 6) is 0.384. The van der Waals surface area contributed by atoms with E-state index in [4.69, 9.17) is 9.47 Å². The van der Waals surface area contributed by atoms with Gasteiger partial charge in [0.25, 0.3) is 0 Å². The molecule has 0 saturated carbocycles. The van der Waals surface area contributed by atoms with Crippen LogP contribution < -0.4 is 0 Å². The van der Waals surface area contributed by atoms with E-state index >= 15 is 0 Å². The number of hydrogen-bond acceptors (Lipinski definition) is 5. The number of rotatable bonds is 9. The molecule has 1 amide bonds. The van der Waals surface area contributed by atoms with E-state index in [1.807, 2.05) is 48.1 Å². The van der Waals surface area contributed by atoms with Gasteiger partial charge in [0, 0.05) is 0 Å². The Morgan fingerprint density at radius 1 is 1.24 bits per heavy atom. The van der Waals surface area contributed by atoms with E-state index in [0.717, 1.165) is 11.3 Å². The van der Waals surface area contributed by atoms with Gasteiger partial charge in [0.05, 0.1) is 6.04 Å². The standard InChI is InChI=1S/C22H35NO4SSi/c1-16-19(20(24)23(16)29(6,7)22(2,3)4)27-18(13-14-28-5)21(25)26-15-17-11-9-8-10-12-17/h8-12,16,18-19H,13-15H2,1-7H3/t16-,18-,19-/m0/s1. The first kappa shape index (κ1) is 24.0. The third-order valence-electron chi connectivity index (χ3n) is 6.15. The van der Waals surface area contributed by atoms with Gasteiger partial charge in [-0.1, -0.05) is 64.2 Å². The molecule has 5 nitrogen and oxygen atoms in total. The molecule has 0 unspecified atom stereocenters. The molecule has 0 radical (unpaired) electrons. The highest BCUT2D eigenvalue weighted by Crippen LogP contribution is 2.43. The second kappa shape index (κ2) is 9.66. The molecule has 0 bridgehead atoms. The summed E-state index contributed by atoms with van der Waals surface area (Å²) in [6, 6.07) is 9.55. The first-order valence-corrected chi connectivity index (χ1v) is 14.5. The van der Waals surface area contributed by atoms with Crippen LogP contribution in [0.2, 0.25) is 18.1 Å². The number of nitrogens with zero attached hydrogens (tertiary/aromatic N) is 1. The lowest BCUT2D eigenvalue weighted by Crippen LogP contribution is -2.75. The Bertz CT molecular complexity index is 705. The van der Waals surface area contributed by atoms with Gasteiger partial charge in [-0.25, -0.2) is 4.79 Å². The minimum Gasteiger partial charge on any atom is -0.459 e. The van der Waals surface area contributed by atoms with Crippen LogP contribution in [-0.2, 0) is 25.7 Å². The van der Waals surface area contributed by atoms with Crippen molar-refractivity contribution in [3.8, 4) is 0 Å². The van der Waals surface area contributed by atoms with Crippen LogP contribution in [0.25, 0.3) is 0 Å². The van der Waals surface area contributed by atoms with Crippen LogP contribution >= 0.6 is 11.8 Å². The molecule has 0 spiro atoms. The largest absolute Gasteiger partial charge is 0.459 e. The average molecular weight is 438 g/mol.